The Morgan fingerprint density at radius 2 is 2.12 bits per heavy atom. The van der Waals surface area contributed by atoms with Crippen LogP contribution in [0.2, 0.25) is 0 Å². The van der Waals surface area contributed by atoms with Crippen molar-refractivity contribution >= 4 is 5.91 Å². The van der Waals surface area contributed by atoms with Crippen LogP contribution < -0.4 is 0 Å². The highest BCUT2D eigenvalue weighted by molar-refractivity contribution is 5.94. The monoisotopic (exact) mass is 357 g/mol. The average Bonchev–Trinajstić information content (AvgIpc) is 3.35. The lowest BCUT2D eigenvalue weighted by atomic mass is 9.94. The van der Waals surface area contributed by atoms with Gasteiger partial charge in [0.25, 0.3) is 5.91 Å². The van der Waals surface area contributed by atoms with Gasteiger partial charge in [-0.1, -0.05) is 0 Å². The number of likely N-dealkylation sites (tertiary alicyclic amines) is 1. The first kappa shape index (κ1) is 16.4. The molecule has 3 heterocycles. The molecule has 1 aliphatic rings. The Labute approximate surface area is 148 Å². The van der Waals surface area contributed by atoms with Crippen LogP contribution in [0.4, 0.5) is 8.78 Å². The molecule has 0 spiro atoms. The molecule has 0 aliphatic carbocycles. The van der Waals surface area contributed by atoms with E-state index in [4.69, 9.17) is 0 Å². The Morgan fingerprint density at radius 3 is 2.88 bits per heavy atom. The van der Waals surface area contributed by atoms with E-state index in [1.807, 2.05) is 6.07 Å². The fourth-order valence-electron chi connectivity index (χ4n) is 3.30. The molecule has 0 bridgehead atoms. The van der Waals surface area contributed by atoms with Crippen LogP contribution in [-0.4, -0.2) is 44.1 Å². The van der Waals surface area contributed by atoms with Gasteiger partial charge in [-0.05, 0) is 37.1 Å². The highest BCUT2D eigenvalue weighted by Crippen LogP contribution is 2.28. The zero-order chi connectivity index (χ0) is 18.1. The highest BCUT2D eigenvalue weighted by atomic mass is 19.2. The number of benzene rings is 1. The predicted octanol–water partition coefficient (Wildman–Crippen LogP) is 3.10. The van der Waals surface area contributed by atoms with Crippen molar-refractivity contribution in [2.24, 2.45) is 0 Å². The molecular weight excluding hydrogens is 340 g/mol. The molecule has 6 nitrogen and oxygen atoms in total. The van der Waals surface area contributed by atoms with Crippen LogP contribution in [0, 0.1) is 11.6 Å². The largest absolute Gasteiger partial charge is 0.343 e. The van der Waals surface area contributed by atoms with E-state index in [1.54, 1.807) is 17.3 Å². The minimum atomic E-state index is -1.01. The van der Waals surface area contributed by atoms with Crippen molar-refractivity contribution in [1.82, 2.24) is 25.1 Å². The maximum atomic E-state index is 13.4. The van der Waals surface area contributed by atoms with Crippen LogP contribution in [0.5, 0.6) is 0 Å². The number of aromatic nitrogens is 4. The SMILES string of the molecule is O=C(c1ccc(F)c(F)c1)N1CCC[C@H](c2cc(-c3ncc[nH]3)n[nH]2)C1. The lowest BCUT2D eigenvalue weighted by Gasteiger charge is -2.32. The van der Waals surface area contributed by atoms with Crippen molar-refractivity contribution in [3.05, 3.63) is 59.6 Å². The first-order chi connectivity index (χ1) is 12.6. The number of nitrogens with one attached hydrogen (secondary N) is 2. The molecule has 0 saturated carbocycles. The number of hydrogen-bond donors (Lipinski definition) is 2. The zero-order valence-corrected chi connectivity index (χ0v) is 13.9. The molecule has 26 heavy (non-hydrogen) atoms. The second-order valence-electron chi connectivity index (χ2n) is 6.37. The van der Waals surface area contributed by atoms with Crippen molar-refractivity contribution in [2.45, 2.75) is 18.8 Å². The predicted molar refractivity (Wildman–Crippen MR) is 90.4 cm³/mol. The summed E-state index contributed by atoms with van der Waals surface area (Å²) < 4.78 is 26.5. The molecule has 2 N–H and O–H groups in total. The number of H-pyrrole nitrogens is 2. The maximum absolute atomic E-state index is 13.4. The smallest absolute Gasteiger partial charge is 0.253 e. The van der Waals surface area contributed by atoms with E-state index >= 15 is 0 Å². The molecule has 1 saturated heterocycles. The van der Waals surface area contributed by atoms with Gasteiger partial charge in [0, 0.05) is 42.7 Å². The summed E-state index contributed by atoms with van der Waals surface area (Å²) in [4.78, 5) is 21.5. The van der Waals surface area contributed by atoms with E-state index in [2.05, 4.69) is 20.2 Å². The van der Waals surface area contributed by atoms with Crippen LogP contribution in [-0.2, 0) is 0 Å². The third-order valence-electron chi connectivity index (χ3n) is 4.65. The Bertz CT molecular complexity index is 922. The van der Waals surface area contributed by atoms with Crippen molar-refractivity contribution in [3.8, 4) is 11.5 Å². The van der Waals surface area contributed by atoms with E-state index in [1.165, 1.54) is 6.07 Å². The molecular formula is C18H17F2N5O. The number of carbonyl (C=O) groups is 1. The Kier molecular flexibility index (Phi) is 4.24. The van der Waals surface area contributed by atoms with E-state index in [-0.39, 0.29) is 17.4 Å². The Balaban J connectivity index is 1.50. The molecule has 134 valence electrons. The fraction of sp³-hybridized carbons (Fsp3) is 0.278. The van der Waals surface area contributed by atoms with Gasteiger partial charge in [0.15, 0.2) is 17.5 Å². The summed E-state index contributed by atoms with van der Waals surface area (Å²) in [5.74, 6) is -1.48. The van der Waals surface area contributed by atoms with Gasteiger partial charge >= 0.3 is 0 Å². The number of carbonyl (C=O) groups excluding carboxylic acids is 1. The van der Waals surface area contributed by atoms with Crippen molar-refractivity contribution in [2.75, 3.05) is 13.1 Å². The molecule has 1 fully saturated rings. The normalized spacial score (nSPS) is 17.5. The lowest BCUT2D eigenvalue weighted by molar-refractivity contribution is 0.0705. The standard InChI is InChI=1S/C18H17F2N5O/c19-13-4-3-11(8-14(13)20)18(26)25-7-1-2-12(10-25)15-9-16(24-23-15)17-21-5-6-22-17/h3-6,8-9,12H,1-2,7,10H2,(H,21,22)(H,23,24)/t12-/m0/s1. The number of imidazole rings is 1. The molecule has 2 aromatic heterocycles. The van der Waals surface area contributed by atoms with Crippen molar-refractivity contribution in [1.29, 1.82) is 0 Å². The molecule has 3 aromatic rings. The van der Waals surface area contributed by atoms with Gasteiger partial charge in [-0.25, -0.2) is 13.8 Å². The number of halogens is 2. The molecule has 1 aromatic carbocycles. The molecule has 1 amide bonds. The molecule has 8 heteroatoms. The number of hydrogen-bond acceptors (Lipinski definition) is 3. The van der Waals surface area contributed by atoms with Gasteiger partial charge in [0.2, 0.25) is 0 Å². The molecule has 0 radical (unpaired) electrons. The number of aromatic amines is 2. The topological polar surface area (TPSA) is 77.7 Å². The van der Waals surface area contributed by atoms with E-state index in [0.717, 1.165) is 30.7 Å². The minimum absolute atomic E-state index is 0.106. The first-order valence-electron chi connectivity index (χ1n) is 8.41. The molecule has 1 aliphatic heterocycles. The van der Waals surface area contributed by atoms with Gasteiger partial charge in [0.1, 0.15) is 5.69 Å². The number of nitrogens with zero attached hydrogens (tertiary/aromatic N) is 3. The quantitative estimate of drug-likeness (QED) is 0.756. The van der Waals surface area contributed by atoms with E-state index in [9.17, 15) is 13.6 Å². The van der Waals surface area contributed by atoms with Gasteiger partial charge in [0.05, 0.1) is 0 Å². The number of piperidine rings is 1. The average molecular weight is 357 g/mol. The zero-order valence-electron chi connectivity index (χ0n) is 13.9. The molecule has 1 atom stereocenters. The number of amides is 1. The first-order valence-corrected chi connectivity index (χ1v) is 8.41. The van der Waals surface area contributed by atoms with Crippen LogP contribution in [0.1, 0.15) is 34.8 Å². The van der Waals surface area contributed by atoms with Crippen molar-refractivity contribution in [3.63, 3.8) is 0 Å². The van der Waals surface area contributed by atoms with Gasteiger partial charge in [-0.2, -0.15) is 5.10 Å². The highest BCUT2D eigenvalue weighted by Gasteiger charge is 2.27. The summed E-state index contributed by atoms with van der Waals surface area (Å²) in [5.41, 5.74) is 1.80. The summed E-state index contributed by atoms with van der Waals surface area (Å²) in [5, 5.41) is 7.29. The minimum Gasteiger partial charge on any atom is -0.343 e. The fourth-order valence-corrected chi connectivity index (χ4v) is 3.30. The van der Waals surface area contributed by atoms with E-state index < -0.39 is 11.6 Å². The second-order valence-corrected chi connectivity index (χ2v) is 6.37. The van der Waals surface area contributed by atoms with Crippen molar-refractivity contribution < 1.29 is 13.6 Å². The summed E-state index contributed by atoms with van der Waals surface area (Å²) in [6, 6.07) is 5.17. The summed E-state index contributed by atoms with van der Waals surface area (Å²) in [7, 11) is 0. The third-order valence-corrected chi connectivity index (χ3v) is 4.65. The Morgan fingerprint density at radius 1 is 1.23 bits per heavy atom. The molecule has 0 unspecified atom stereocenters. The maximum Gasteiger partial charge on any atom is 0.253 e. The summed E-state index contributed by atoms with van der Waals surface area (Å²) in [6.45, 7) is 1.09. The summed E-state index contributed by atoms with van der Waals surface area (Å²) >= 11 is 0. The van der Waals surface area contributed by atoms with Gasteiger partial charge < -0.3 is 9.88 Å². The second kappa shape index (κ2) is 6.70. The van der Waals surface area contributed by atoms with E-state index in [0.29, 0.717) is 24.6 Å². The summed E-state index contributed by atoms with van der Waals surface area (Å²) in [6.07, 6.45) is 5.13. The van der Waals surface area contributed by atoms with Crippen LogP contribution in [0.15, 0.2) is 36.7 Å². The van der Waals surface area contributed by atoms with Crippen LogP contribution >= 0.6 is 0 Å². The van der Waals surface area contributed by atoms with Gasteiger partial charge in [-0.3, -0.25) is 9.89 Å². The van der Waals surface area contributed by atoms with Crippen LogP contribution in [0.3, 0.4) is 0 Å². The van der Waals surface area contributed by atoms with Crippen LogP contribution in [0.25, 0.3) is 11.5 Å². The lowest BCUT2D eigenvalue weighted by Crippen LogP contribution is -2.39. The Hall–Kier alpha value is -3.03. The van der Waals surface area contributed by atoms with Gasteiger partial charge in [-0.15, -0.1) is 0 Å². The number of rotatable bonds is 3. The third kappa shape index (κ3) is 3.10. The molecule has 4 rings (SSSR count).